The van der Waals surface area contributed by atoms with Crippen molar-refractivity contribution in [3.8, 4) is 0 Å². The number of hydrogen-bond acceptors (Lipinski definition) is 3. The maximum atomic E-state index is 4.74. The Hall–Kier alpha value is -1.42. The summed E-state index contributed by atoms with van der Waals surface area (Å²) in [5.74, 6) is 2.13. The predicted molar refractivity (Wildman–Crippen MR) is 91.8 cm³/mol. The zero-order valence-electron chi connectivity index (χ0n) is 12.9. The summed E-state index contributed by atoms with van der Waals surface area (Å²) in [6.07, 6.45) is 1.83. The molecular formula is C17H22BrN3. The first-order chi connectivity index (χ1) is 10.1. The Labute approximate surface area is 135 Å². The molecule has 1 aromatic carbocycles. The topological polar surface area (TPSA) is 37.8 Å². The molecule has 0 saturated heterocycles. The van der Waals surface area contributed by atoms with Crippen molar-refractivity contribution in [2.75, 3.05) is 11.9 Å². The van der Waals surface area contributed by atoms with Gasteiger partial charge in [0, 0.05) is 13.0 Å². The molecule has 112 valence electrons. The lowest BCUT2D eigenvalue weighted by atomic mass is 10.1. The first-order valence-corrected chi connectivity index (χ1v) is 8.25. The second-order valence-corrected chi connectivity index (χ2v) is 6.22. The summed E-state index contributed by atoms with van der Waals surface area (Å²) in [4.78, 5) is 9.42. The van der Waals surface area contributed by atoms with Crippen molar-refractivity contribution >= 4 is 21.7 Å². The summed E-state index contributed by atoms with van der Waals surface area (Å²) in [7, 11) is 0. The number of benzene rings is 1. The van der Waals surface area contributed by atoms with E-state index in [0.717, 1.165) is 41.2 Å². The van der Waals surface area contributed by atoms with Crippen molar-refractivity contribution in [3.63, 3.8) is 0 Å². The van der Waals surface area contributed by atoms with Crippen molar-refractivity contribution < 1.29 is 0 Å². The highest BCUT2D eigenvalue weighted by molar-refractivity contribution is 9.10. The van der Waals surface area contributed by atoms with Crippen LogP contribution in [0.25, 0.3) is 0 Å². The average Bonchev–Trinajstić information content (AvgIpc) is 2.48. The molecule has 1 N–H and O–H groups in total. The van der Waals surface area contributed by atoms with E-state index in [1.54, 1.807) is 0 Å². The highest BCUT2D eigenvalue weighted by Crippen LogP contribution is 2.29. The number of aromatic nitrogens is 2. The molecular weight excluding hydrogens is 326 g/mol. The van der Waals surface area contributed by atoms with Crippen LogP contribution in [0.2, 0.25) is 0 Å². The Bertz CT molecular complexity index is 582. The fraction of sp³-hybridized carbons (Fsp3) is 0.412. The molecule has 0 radical (unpaired) electrons. The van der Waals surface area contributed by atoms with Gasteiger partial charge in [0.2, 0.25) is 0 Å². The third-order valence-electron chi connectivity index (χ3n) is 3.22. The molecule has 21 heavy (non-hydrogen) atoms. The van der Waals surface area contributed by atoms with Crippen LogP contribution in [-0.4, -0.2) is 16.5 Å². The molecule has 1 aromatic heterocycles. The Morgan fingerprint density at radius 2 is 1.86 bits per heavy atom. The number of hydrogen-bond donors (Lipinski definition) is 1. The van der Waals surface area contributed by atoms with Crippen LogP contribution in [0.5, 0.6) is 0 Å². The second kappa shape index (κ2) is 7.55. The lowest BCUT2D eigenvalue weighted by Gasteiger charge is -2.14. The number of nitrogens with zero attached hydrogens (tertiary/aromatic N) is 2. The number of rotatable bonds is 6. The summed E-state index contributed by atoms with van der Waals surface area (Å²) >= 11 is 3.64. The third kappa shape index (κ3) is 4.27. The van der Waals surface area contributed by atoms with Crippen LogP contribution in [0.4, 0.5) is 5.82 Å². The minimum Gasteiger partial charge on any atom is -0.369 e. The standard InChI is InChI=1S/C17H22BrN3/c1-4-10-19-17-15(18)16(12(2)3)20-14(21-17)11-13-8-6-5-7-9-13/h5-9,12H,4,10-11H2,1-3H3,(H,19,20,21). The molecule has 0 amide bonds. The van der Waals surface area contributed by atoms with Crippen LogP contribution >= 0.6 is 15.9 Å². The largest absolute Gasteiger partial charge is 0.369 e. The van der Waals surface area contributed by atoms with Crippen LogP contribution in [0, 0.1) is 0 Å². The van der Waals surface area contributed by atoms with Gasteiger partial charge in [-0.3, -0.25) is 0 Å². The number of anilines is 1. The summed E-state index contributed by atoms with van der Waals surface area (Å²) in [6, 6.07) is 10.3. The van der Waals surface area contributed by atoms with Gasteiger partial charge in [-0.05, 0) is 33.8 Å². The quantitative estimate of drug-likeness (QED) is 0.817. The third-order valence-corrected chi connectivity index (χ3v) is 4.00. The SMILES string of the molecule is CCCNc1nc(Cc2ccccc2)nc(C(C)C)c1Br. The Morgan fingerprint density at radius 3 is 2.48 bits per heavy atom. The van der Waals surface area contributed by atoms with Crippen LogP contribution in [-0.2, 0) is 6.42 Å². The van der Waals surface area contributed by atoms with Gasteiger partial charge >= 0.3 is 0 Å². The molecule has 4 heteroatoms. The van der Waals surface area contributed by atoms with E-state index in [2.05, 4.69) is 59.1 Å². The Balaban J connectivity index is 2.34. The van der Waals surface area contributed by atoms with Crippen LogP contribution < -0.4 is 5.32 Å². The van der Waals surface area contributed by atoms with E-state index >= 15 is 0 Å². The van der Waals surface area contributed by atoms with Crippen molar-refractivity contribution in [2.24, 2.45) is 0 Å². The molecule has 0 unspecified atom stereocenters. The molecule has 0 aliphatic heterocycles. The minimum atomic E-state index is 0.360. The van der Waals surface area contributed by atoms with Crippen molar-refractivity contribution in [1.29, 1.82) is 0 Å². The van der Waals surface area contributed by atoms with Crippen LogP contribution in [0.3, 0.4) is 0 Å². The van der Waals surface area contributed by atoms with E-state index in [4.69, 9.17) is 4.98 Å². The van der Waals surface area contributed by atoms with E-state index in [1.807, 2.05) is 18.2 Å². The highest BCUT2D eigenvalue weighted by Gasteiger charge is 2.14. The first-order valence-electron chi connectivity index (χ1n) is 7.46. The summed E-state index contributed by atoms with van der Waals surface area (Å²) < 4.78 is 0.989. The number of nitrogens with one attached hydrogen (secondary N) is 1. The minimum absolute atomic E-state index is 0.360. The van der Waals surface area contributed by atoms with Crippen molar-refractivity contribution in [3.05, 3.63) is 51.9 Å². The van der Waals surface area contributed by atoms with E-state index in [1.165, 1.54) is 5.56 Å². The van der Waals surface area contributed by atoms with E-state index in [0.29, 0.717) is 5.92 Å². The average molecular weight is 348 g/mol. The fourth-order valence-electron chi connectivity index (χ4n) is 2.11. The van der Waals surface area contributed by atoms with Gasteiger partial charge in [0.05, 0.1) is 10.2 Å². The number of halogens is 1. The lowest BCUT2D eigenvalue weighted by Crippen LogP contribution is -2.10. The zero-order valence-corrected chi connectivity index (χ0v) is 14.4. The van der Waals surface area contributed by atoms with Gasteiger partial charge in [-0.2, -0.15) is 0 Å². The van der Waals surface area contributed by atoms with Gasteiger partial charge in [-0.1, -0.05) is 51.1 Å². The Morgan fingerprint density at radius 1 is 1.14 bits per heavy atom. The lowest BCUT2D eigenvalue weighted by molar-refractivity contribution is 0.783. The molecule has 0 aliphatic carbocycles. The van der Waals surface area contributed by atoms with Gasteiger partial charge in [-0.25, -0.2) is 9.97 Å². The second-order valence-electron chi connectivity index (χ2n) is 5.43. The van der Waals surface area contributed by atoms with Crippen molar-refractivity contribution in [1.82, 2.24) is 9.97 Å². The molecule has 1 heterocycles. The highest BCUT2D eigenvalue weighted by atomic mass is 79.9. The van der Waals surface area contributed by atoms with Gasteiger partial charge in [-0.15, -0.1) is 0 Å². The molecule has 0 atom stereocenters. The molecule has 0 saturated carbocycles. The molecule has 0 fully saturated rings. The summed E-state index contributed by atoms with van der Waals surface area (Å²) in [5, 5.41) is 3.39. The van der Waals surface area contributed by atoms with Gasteiger partial charge in [0.25, 0.3) is 0 Å². The monoisotopic (exact) mass is 347 g/mol. The maximum absolute atomic E-state index is 4.74. The Kier molecular flexibility index (Phi) is 5.74. The van der Waals surface area contributed by atoms with Crippen LogP contribution in [0.15, 0.2) is 34.8 Å². The van der Waals surface area contributed by atoms with E-state index in [-0.39, 0.29) is 0 Å². The molecule has 3 nitrogen and oxygen atoms in total. The normalized spacial score (nSPS) is 10.9. The molecule has 2 rings (SSSR count). The summed E-state index contributed by atoms with van der Waals surface area (Å²) in [5.41, 5.74) is 2.30. The summed E-state index contributed by atoms with van der Waals surface area (Å²) in [6.45, 7) is 7.38. The first kappa shape index (κ1) is 16.0. The smallest absolute Gasteiger partial charge is 0.144 e. The molecule has 0 aliphatic rings. The van der Waals surface area contributed by atoms with Crippen LogP contribution in [0.1, 0.15) is 50.2 Å². The van der Waals surface area contributed by atoms with Gasteiger partial charge in [0.15, 0.2) is 0 Å². The van der Waals surface area contributed by atoms with Gasteiger partial charge < -0.3 is 5.32 Å². The molecule has 2 aromatic rings. The maximum Gasteiger partial charge on any atom is 0.144 e. The molecule has 0 bridgehead atoms. The van der Waals surface area contributed by atoms with Gasteiger partial charge in [0.1, 0.15) is 11.6 Å². The van der Waals surface area contributed by atoms with E-state index in [9.17, 15) is 0 Å². The zero-order chi connectivity index (χ0) is 15.2. The van der Waals surface area contributed by atoms with E-state index < -0.39 is 0 Å². The molecule has 0 spiro atoms. The fourth-order valence-corrected chi connectivity index (χ4v) is 2.89. The predicted octanol–water partition coefficient (Wildman–Crippen LogP) is 4.78. The van der Waals surface area contributed by atoms with Crippen molar-refractivity contribution in [2.45, 2.75) is 39.5 Å².